The molecule has 2 radical (unpaired) electrons. The van der Waals surface area contributed by atoms with Crippen LogP contribution in [0.1, 0.15) is 0 Å². The summed E-state index contributed by atoms with van der Waals surface area (Å²) < 4.78 is 0. The number of hydrogen-bond acceptors (Lipinski definition) is 0. The Bertz CT molecular complexity index is 10.8. The van der Waals surface area contributed by atoms with Crippen molar-refractivity contribution in [2.24, 2.45) is 0 Å². The van der Waals surface area contributed by atoms with Crippen LogP contribution >= 0.6 is 0 Å². The van der Waals surface area contributed by atoms with Crippen molar-refractivity contribution in [3.63, 3.8) is 0 Å². The van der Waals surface area contributed by atoms with Crippen molar-refractivity contribution in [2.75, 3.05) is 0 Å². The van der Waals surface area contributed by atoms with Crippen molar-refractivity contribution < 1.29 is 57.0 Å². The summed E-state index contributed by atoms with van der Waals surface area (Å²) in [5.74, 6) is 0. The molecule has 0 aromatic rings. The van der Waals surface area contributed by atoms with Crippen LogP contribution in [0.25, 0.3) is 0 Å². The van der Waals surface area contributed by atoms with Crippen molar-refractivity contribution >= 4 is 17.1 Å². The molecule has 0 rings (SSSR count). The van der Waals surface area contributed by atoms with Crippen molar-refractivity contribution in [3.8, 4) is 0 Å². The molecule has 0 amide bonds. The fourth-order valence-electron chi connectivity index (χ4n) is 0. The van der Waals surface area contributed by atoms with E-state index < -0.39 is 0 Å². The van der Waals surface area contributed by atoms with Crippen LogP contribution in [0, 0.1) is 0 Å². The van der Waals surface area contributed by atoms with E-state index in [0.717, 1.165) is 0 Å². The Labute approximate surface area is 73.7 Å². The average Bonchev–Trinajstić information content (AvgIpc) is 0. The molecule has 0 saturated carbocycles. The molecule has 0 N–H and O–H groups in total. The molecule has 0 saturated heterocycles. The van der Waals surface area contributed by atoms with Crippen molar-refractivity contribution in [1.82, 2.24) is 0 Å². The van der Waals surface area contributed by atoms with E-state index in [4.69, 9.17) is 0 Å². The largest absolute Gasteiger partial charge is 6.00 e. The second kappa shape index (κ2) is 74.8. The van der Waals surface area contributed by atoms with Crippen molar-refractivity contribution in [3.05, 3.63) is 0 Å². The molecule has 0 unspecified atom stereocenters. The normalized spacial score (nSPS) is 0. The van der Waals surface area contributed by atoms with Gasteiger partial charge in [0.15, 0.2) is 0 Å². The summed E-state index contributed by atoms with van der Waals surface area (Å²) in [6.07, 6.45) is 0. The van der Waals surface area contributed by atoms with E-state index in [1.807, 2.05) is 0 Å². The Morgan fingerprint density at radius 2 is 0.667 bits per heavy atom. The monoisotopic (exact) mass is 328 g/mol. The maximum absolute atomic E-state index is 0. The first-order valence-electron chi connectivity index (χ1n) is 0. The molecule has 0 spiro atoms. The van der Waals surface area contributed by atoms with Gasteiger partial charge in [0.05, 0.1) is 0 Å². The van der Waals surface area contributed by atoms with Gasteiger partial charge in [-0.2, -0.15) is 0 Å². The molecule has 0 aliphatic rings. The zero-order chi connectivity index (χ0) is 0. The van der Waals surface area contributed by atoms with Crippen LogP contribution in [0.4, 0.5) is 0 Å². The Morgan fingerprint density at radius 1 is 0.667 bits per heavy atom. The summed E-state index contributed by atoms with van der Waals surface area (Å²) in [5, 5.41) is 0. The van der Waals surface area contributed by atoms with Gasteiger partial charge in [0.1, 0.15) is 0 Å². The first-order chi connectivity index (χ1) is 0. The molecule has 0 aliphatic heterocycles. The molecular weight excluding hydrogens is 324 g/mol. The molecule has 38 valence electrons. The molecular formula is MoO3RuSe. The molecule has 0 aromatic heterocycles. The van der Waals surface area contributed by atoms with Gasteiger partial charge in [0.25, 0.3) is 0 Å². The summed E-state index contributed by atoms with van der Waals surface area (Å²) in [4.78, 5) is 0. The molecule has 0 bridgehead atoms. The maximum atomic E-state index is 0. The summed E-state index contributed by atoms with van der Waals surface area (Å²) in [6, 6.07) is 0. The van der Waals surface area contributed by atoms with Gasteiger partial charge in [-0.3, -0.25) is 0 Å². The smallest absolute Gasteiger partial charge is 2.00 e. The Balaban J connectivity index is 0. The van der Waals surface area contributed by atoms with E-state index in [1.165, 1.54) is 0 Å². The zero-order valence-electron chi connectivity index (χ0n) is 2.39. The topological polar surface area (TPSA) is 85.5 Å². The maximum Gasteiger partial charge on any atom is 6.00 e. The second-order valence-electron chi connectivity index (χ2n) is 0. The quantitative estimate of drug-likeness (QED) is 0.526. The van der Waals surface area contributed by atoms with E-state index in [-0.39, 0.29) is 74.0 Å². The van der Waals surface area contributed by atoms with E-state index in [1.54, 1.807) is 0 Å². The van der Waals surface area contributed by atoms with Gasteiger partial charge in [-0.1, -0.05) is 0 Å². The fraction of sp³-hybridized carbons (Fsp3) is 0. The SMILES string of the molecule is [Mo+6].[O-2].[O-2].[O-2].[Ru].[Se]. The van der Waals surface area contributed by atoms with Crippen LogP contribution < -0.4 is 0 Å². The summed E-state index contributed by atoms with van der Waals surface area (Å²) in [7, 11) is 0. The van der Waals surface area contributed by atoms with Crippen LogP contribution in [0.15, 0.2) is 0 Å². The van der Waals surface area contributed by atoms with Gasteiger partial charge >= 0.3 is 21.1 Å². The molecule has 0 aliphatic carbocycles. The van der Waals surface area contributed by atoms with Crippen LogP contribution in [-0.2, 0) is 57.0 Å². The minimum Gasteiger partial charge on any atom is -2.00 e. The second-order valence-corrected chi connectivity index (χ2v) is 0. The van der Waals surface area contributed by atoms with Crippen molar-refractivity contribution in [1.29, 1.82) is 0 Å². The number of hydrogen-bond donors (Lipinski definition) is 0. The fourth-order valence-corrected chi connectivity index (χ4v) is 0. The first-order valence-corrected chi connectivity index (χ1v) is 0. The third-order valence-electron chi connectivity index (χ3n) is 0. The standard InChI is InChI=1S/Mo.3O.Ru.Se/q+6;3*-2;;. The average molecular weight is 324 g/mol. The van der Waals surface area contributed by atoms with E-state index in [2.05, 4.69) is 0 Å². The molecule has 0 heterocycles. The zero-order valence-corrected chi connectivity index (χ0v) is 7.85. The minimum atomic E-state index is 0. The molecule has 0 atom stereocenters. The van der Waals surface area contributed by atoms with Crippen LogP contribution in [0.2, 0.25) is 0 Å². The molecule has 6 heteroatoms. The molecule has 3 nitrogen and oxygen atoms in total. The van der Waals surface area contributed by atoms with Gasteiger partial charge in [0, 0.05) is 36.5 Å². The Kier molecular flexibility index (Phi) is 1480. The van der Waals surface area contributed by atoms with E-state index in [9.17, 15) is 0 Å². The van der Waals surface area contributed by atoms with Gasteiger partial charge in [-0.25, -0.2) is 0 Å². The minimum absolute atomic E-state index is 0. The Hall–Kier alpha value is 1.71. The molecule has 0 aromatic carbocycles. The van der Waals surface area contributed by atoms with Crippen LogP contribution in [-0.4, -0.2) is 17.1 Å². The molecule has 0 fully saturated rings. The van der Waals surface area contributed by atoms with E-state index >= 15 is 0 Å². The Morgan fingerprint density at radius 3 is 0.667 bits per heavy atom. The first kappa shape index (κ1) is 119. The number of rotatable bonds is 0. The predicted molar refractivity (Wildman–Crippen MR) is 7.81 cm³/mol. The van der Waals surface area contributed by atoms with Gasteiger partial charge in [0.2, 0.25) is 0 Å². The summed E-state index contributed by atoms with van der Waals surface area (Å²) in [6.45, 7) is 0. The van der Waals surface area contributed by atoms with Gasteiger partial charge in [-0.05, 0) is 0 Å². The summed E-state index contributed by atoms with van der Waals surface area (Å²) >= 11 is 0. The third-order valence-corrected chi connectivity index (χ3v) is 0. The predicted octanol–water partition coefficient (Wildman–Crippen LogP) is -0.742. The van der Waals surface area contributed by atoms with Gasteiger partial charge < -0.3 is 16.4 Å². The third kappa shape index (κ3) is 43.3. The van der Waals surface area contributed by atoms with Crippen LogP contribution in [0.5, 0.6) is 0 Å². The van der Waals surface area contributed by atoms with E-state index in [0.29, 0.717) is 0 Å². The van der Waals surface area contributed by atoms with Gasteiger partial charge in [-0.15, -0.1) is 0 Å². The van der Waals surface area contributed by atoms with Crippen LogP contribution in [0.3, 0.4) is 0 Å². The summed E-state index contributed by atoms with van der Waals surface area (Å²) in [5.41, 5.74) is 0. The molecule has 6 heavy (non-hydrogen) atoms. The van der Waals surface area contributed by atoms with Crippen molar-refractivity contribution in [2.45, 2.75) is 0 Å².